The maximum Gasteiger partial charge on any atom is 0.341 e. The topological polar surface area (TPSA) is 39.4 Å². The highest BCUT2D eigenvalue weighted by molar-refractivity contribution is 5.92. The molecule has 0 N–H and O–H groups in total. The van der Waals surface area contributed by atoms with Crippen LogP contribution in [-0.2, 0) is 4.74 Å². The molecule has 0 aliphatic heterocycles. The largest absolute Gasteiger partial charge is 0.465 e. The average Bonchev–Trinajstić information content (AvgIpc) is 2.37. The van der Waals surface area contributed by atoms with Crippen molar-refractivity contribution in [2.45, 2.75) is 34.6 Å². The predicted molar refractivity (Wildman–Crippen MR) is 58.0 cm³/mol. The van der Waals surface area contributed by atoms with Crippen LogP contribution >= 0.6 is 0 Å². The zero-order valence-corrected chi connectivity index (χ0v) is 10.0. The molecular weight excluding hydrogens is 192 g/mol. The number of carbonyl (C=O) groups is 1. The summed E-state index contributed by atoms with van der Waals surface area (Å²) in [4.78, 5) is 11.7. The van der Waals surface area contributed by atoms with E-state index in [0.29, 0.717) is 23.8 Å². The minimum Gasteiger partial charge on any atom is -0.465 e. The van der Waals surface area contributed by atoms with Crippen molar-refractivity contribution in [1.82, 2.24) is 0 Å². The Hall–Kier alpha value is -1.25. The van der Waals surface area contributed by atoms with Gasteiger partial charge in [0, 0.05) is 5.56 Å². The van der Waals surface area contributed by atoms with Crippen molar-refractivity contribution in [2.75, 3.05) is 6.61 Å². The number of carbonyl (C=O) groups excluding carboxylic acids is 1. The van der Waals surface area contributed by atoms with Gasteiger partial charge in [0.25, 0.3) is 0 Å². The van der Waals surface area contributed by atoms with E-state index in [1.54, 1.807) is 6.92 Å². The van der Waals surface area contributed by atoms with Gasteiger partial charge >= 0.3 is 5.97 Å². The van der Waals surface area contributed by atoms with Gasteiger partial charge in [-0.3, -0.25) is 0 Å². The maximum absolute atomic E-state index is 11.7. The molecule has 0 saturated heterocycles. The number of aryl methyl sites for hydroxylation is 2. The highest BCUT2D eigenvalue weighted by atomic mass is 16.5. The lowest BCUT2D eigenvalue weighted by Crippen LogP contribution is -2.11. The van der Waals surface area contributed by atoms with Crippen LogP contribution in [0.1, 0.15) is 41.3 Å². The molecule has 1 heterocycles. The molecule has 3 nitrogen and oxygen atoms in total. The Kier molecular flexibility index (Phi) is 3.56. The minimum atomic E-state index is -0.282. The normalized spacial score (nSPS) is 10.8. The second kappa shape index (κ2) is 4.51. The molecular formula is C12H18O3. The molecule has 1 aromatic rings. The van der Waals surface area contributed by atoms with Crippen LogP contribution in [-0.4, -0.2) is 12.6 Å². The summed E-state index contributed by atoms with van der Waals surface area (Å²) in [6.07, 6.45) is 0. The van der Waals surface area contributed by atoms with Crippen molar-refractivity contribution in [3.63, 3.8) is 0 Å². The quantitative estimate of drug-likeness (QED) is 0.720. The number of ether oxygens (including phenoxy) is 1. The summed E-state index contributed by atoms with van der Waals surface area (Å²) >= 11 is 0. The fourth-order valence-corrected chi connectivity index (χ4v) is 1.41. The molecule has 1 rings (SSSR count). The fraction of sp³-hybridized carbons (Fsp3) is 0.583. The number of hydrogen-bond donors (Lipinski definition) is 0. The first-order valence-corrected chi connectivity index (χ1v) is 5.17. The Labute approximate surface area is 90.4 Å². The van der Waals surface area contributed by atoms with E-state index in [-0.39, 0.29) is 5.97 Å². The van der Waals surface area contributed by atoms with Gasteiger partial charge in [0.15, 0.2) is 0 Å². The molecule has 0 spiro atoms. The summed E-state index contributed by atoms with van der Waals surface area (Å²) in [6, 6.07) is 0. The molecule has 15 heavy (non-hydrogen) atoms. The van der Waals surface area contributed by atoms with Crippen molar-refractivity contribution in [1.29, 1.82) is 0 Å². The summed E-state index contributed by atoms with van der Waals surface area (Å²) in [7, 11) is 0. The standard InChI is InChI=1S/C12H18O3/c1-7(2)6-14-12(13)11-8(3)9(4)15-10(11)5/h7H,6H2,1-5H3. The summed E-state index contributed by atoms with van der Waals surface area (Å²) in [5, 5.41) is 0. The second-order valence-electron chi connectivity index (χ2n) is 4.21. The Bertz CT molecular complexity index is 361. The zero-order chi connectivity index (χ0) is 11.6. The van der Waals surface area contributed by atoms with E-state index in [0.717, 1.165) is 11.3 Å². The smallest absolute Gasteiger partial charge is 0.341 e. The lowest BCUT2D eigenvalue weighted by atomic mass is 10.1. The molecule has 0 unspecified atom stereocenters. The molecule has 0 aliphatic carbocycles. The van der Waals surface area contributed by atoms with E-state index in [4.69, 9.17) is 9.15 Å². The number of rotatable bonds is 3. The van der Waals surface area contributed by atoms with E-state index in [9.17, 15) is 4.79 Å². The van der Waals surface area contributed by atoms with Crippen LogP contribution in [0.25, 0.3) is 0 Å². The van der Waals surface area contributed by atoms with Gasteiger partial charge in [-0.05, 0) is 26.7 Å². The van der Waals surface area contributed by atoms with Gasteiger partial charge in [0.2, 0.25) is 0 Å². The third kappa shape index (κ3) is 2.61. The van der Waals surface area contributed by atoms with Gasteiger partial charge in [-0.15, -0.1) is 0 Å². The molecule has 0 bridgehead atoms. The first kappa shape index (κ1) is 11.8. The SMILES string of the molecule is Cc1oc(C)c(C(=O)OCC(C)C)c1C. The molecule has 0 saturated carbocycles. The minimum absolute atomic E-state index is 0.282. The van der Waals surface area contributed by atoms with Gasteiger partial charge in [0.05, 0.1) is 6.61 Å². The van der Waals surface area contributed by atoms with Crippen molar-refractivity contribution >= 4 is 5.97 Å². The highest BCUT2D eigenvalue weighted by Gasteiger charge is 2.19. The van der Waals surface area contributed by atoms with E-state index in [1.807, 2.05) is 27.7 Å². The molecule has 0 atom stereocenters. The van der Waals surface area contributed by atoms with Crippen LogP contribution in [0.15, 0.2) is 4.42 Å². The summed E-state index contributed by atoms with van der Waals surface area (Å²) in [5.74, 6) is 1.49. The molecule has 0 amide bonds. The molecule has 84 valence electrons. The lowest BCUT2D eigenvalue weighted by molar-refractivity contribution is 0.0456. The molecule has 0 aliphatic rings. The zero-order valence-electron chi connectivity index (χ0n) is 10.0. The molecule has 0 aromatic carbocycles. The first-order chi connectivity index (χ1) is 6.93. The third-order valence-electron chi connectivity index (χ3n) is 2.31. The summed E-state index contributed by atoms with van der Waals surface area (Å²) < 4.78 is 10.5. The van der Waals surface area contributed by atoms with Crippen molar-refractivity contribution < 1.29 is 13.9 Å². The molecule has 3 heteroatoms. The third-order valence-corrected chi connectivity index (χ3v) is 2.31. The van der Waals surface area contributed by atoms with Crippen LogP contribution in [0.5, 0.6) is 0 Å². The van der Waals surface area contributed by atoms with Crippen molar-refractivity contribution in [3.05, 3.63) is 22.6 Å². The van der Waals surface area contributed by atoms with E-state index >= 15 is 0 Å². The van der Waals surface area contributed by atoms with Gasteiger partial charge in [-0.2, -0.15) is 0 Å². The second-order valence-corrected chi connectivity index (χ2v) is 4.21. The van der Waals surface area contributed by atoms with Gasteiger partial charge in [-0.1, -0.05) is 13.8 Å². The lowest BCUT2D eigenvalue weighted by Gasteiger charge is -2.06. The first-order valence-electron chi connectivity index (χ1n) is 5.17. The van der Waals surface area contributed by atoms with Crippen LogP contribution < -0.4 is 0 Å². The monoisotopic (exact) mass is 210 g/mol. The Morgan fingerprint density at radius 1 is 1.27 bits per heavy atom. The van der Waals surface area contributed by atoms with E-state index in [2.05, 4.69) is 0 Å². The number of furan rings is 1. The van der Waals surface area contributed by atoms with Gasteiger partial charge in [0.1, 0.15) is 17.1 Å². The summed E-state index contributed by atoms with van der Waals surface area (Å²) in [5.41, 5.74) is 1.45. The summed E-state index contributed by atoms with van der Waals surface area (Å²) in [6.45, 7) is 9.97. The molecule has 1 aromatic heterocycles. The van der Waals surface area contributed by atoms with Crippen molar-refractivity contribution in [3.8, 4) is 0 Å². The predicted octanol–water partition coefficient (Wildman–Crippen LogP) is 3.02. The van der Waals surface area contributed by atoms with Crippen LogP contribution in [0.3, 0.4) is 0 Å². The number of hydrogen-bond acceptors (Lipinski definition) is 3. The Balaban J connectivity index is 2.82. The average molecular weight is 210 g/mol. The Morgan fingerprint density at radius 2 is 1.87 bits per heavy atom. The van der Waals surface area contributed by atoms with Crippen LogP contribution in [0, 0.1) is 26.7 Å². The van der Waals surface area contributed by atoms with E-state index in [1.165, 1.54) is 0 Å². The van der Waals surface area contributed by atoms with Gasteiger partial charge < -0.3 is 9.15 Å². The maximum atomic E-state index is 11.7. The highest BCUT2D eigenvalue weighted by Crippen LogP contribution is 2.21. The van der Waals surface area contributed by atoms with Gasteiger partial charge in [-0.25, -0.2) is 4.79 Å². The molecule has 0 radical (unpaired) electrons. The van der Waals surface area contributed by atoms with Crippen LogP contribution in [0.2, 0.25) is 0 Å². The Morgan fingerprint density at radius 3 is 2.27 bits per heavy atom. The van der Waals surface area contributed by atoms with E-state index < -0.39 is 0 Å². The van der Waals surface area contributed by atoms with Crippen LogP contribution in [0.4, 0.5) is 0 Å². The fourth-order valence-electron chi connectivity index (χ4n) is 1.41. The molecule has 0 fully saturated rings. The number of esters is 1. The van der Waals surface area contributed by atoms with Crippen molar-refractivity contribution in [2.24, 2.45) is 5.92 Å².